The van der Waals surface area contributed by atoms with Gasteiger partial charge in [-0.1, -0.05) is 37.3 Å². The van der Waals surface area contributed by atoms with E-state index >= 15 is 0 Å². The molecular weight excluding hydrogens is 430 g/mol. The molecule has 0 saturated carbocycles. The highest BCUT2D eigenvalue weighted by Crippen LogP contribution is 2.54. The Kier molecular flexibility index (Phi) is 7.10. The lowest BCUT2D eigenvalue weighted by molar-refractivity contribution is -0.127. The molecule has 7 heteroatoms. The van der Waals surface area contributed by atoms with Crippen molar-refractivity contribution in [2.45, 2.75) is 58.0 Å². The molecule has 0 spiro atoms. The van der Waals surface area contributed by atoms with Gasteiger partial charge < -0.3 is 25.8 Å². The Balaban J connectivity index is 1.97. The molecule has 3 rings (SSSR count). The van der Waals surface area contributed by atoms with E-state index in [1.807, 2.05) is 83.1 Å². The Morgan fingerprint density at radius 1 is 1.12 bits per heavy atom. The quantitative estimate of drug-likeness (QED) is 0.518. The number of carbonyl (C=O) groups is 2. The summed E-state index contributed by atoms with van der Waals surface area (Å²) in [6.45, 7) is 12.3. The van der Waals surface area contributed by atoms with Gasteiger partial charge in [-0.2, -0.15) is 0 Å². The molecule has 184 valence electrons. The van der Waals surface area contributed by atoms with Crippen molar-refractivity contribution in [1.82, 2.24) is 5.32 Å². The summed E-state index contributed by atoms with van der Waals surface area (Å²) in [6, 6.07) is 15.4. The highest BCUT2D eigenvalue weighted by molar-refractivity contribution is 5.98. The van der Waals surface area contributed by atoms with Gasteiger partial charge in [-0.15, -0.1) is 0 Å². The van der Waals surface area contributed by atoms with Gasteiger partial charge in [0.05, 0.1) is 18.1 Å². The number of rotatable bonds is 8. The number of amides is 2. The second-order valence-electron chi connectivity index (χ2n) is 10.4. The van der Waals surface area contributed by atoms with Gasteiger partial charge in [0, 0.05) is 30.1 Å². The van der Waals surface area contributed by atoms with Crippen LogP contribution in [0.1, 0.15) is 52.7 Å². The number of fused-ring (bicyclic) bond motifs is 1. The van der Waals surface area contributed by atoms with E-state index in [0.717, 1.165) is 16.8 Å². The largest absolute Gasteiger partial charge is 0.492 e. The fraction of sp³-hybridized carbons (Fsp3) is 0.481. The minimum Gasteiger partial charge on any atom is -0.492 e. The summed E-state index contributed by atoms with van der Waals surface area (Å²) in [6.07, 6.45) is 0. The molecule has 2 amide bonds. The Morgan fingerprint density at radius 2 is 1.74 bits per heavy atom. The van der Waals surface area contributed by atoms with Crippen LogP contribution in [-0.4, -0.2) is 47.8 Å². The summed E-state index contributed by atoms with van der Waals surface area (Å²) in [4.78, 5) is 27.3. The zero-order valence-electron chi connectivity index (χ0n) is 21.0. The first-order valence-corrected chi connectivity index (χ1v) is 11.6. The number of benzene rings is 2. The first kappa shape index (κ1) is 25.7. The number of ether oxygens (including phenoxy) is 1. The maximum Gasteiger partial charge on any atom is 0.224 e. The number of primary amides is 1. The van der Waals surface area contributed by atoms with Crippen molar-refractivity contribution in [2.75, 3.05) is 24.7 Å². The first-order chi connectivity index (χ1) is 15.9. The number of anilines is 1. The van der Waals surface area contributed by atoms with Gasteiger partial charge in [0.1, 0.15) is 12.4 Å². The minimum atomic E-state index is -0.832. The fourth-order valence-electron chi connectivity index (χ4n) is 5.45. The maximum atomic E-state index is 12.9. The van der Waals surface area contributed by atoms with E-state index in [1.54, 1.807) is 4.90 Å². The molecule has 1 heterocycles. The molecule has 0 fully saturated rings. The van der Waals surface area contributed by atoms with Crippen LogP contribution >= 0.6 is 0 Å². The molecule has 0 bridgehead atoms. The Morgan fingerprint density at radius 3 is 2.29 bits per heavy atom. The van der Waals surface area contributed by atoms with Crippen LogP contribution in [0.15, 0.2) is 48.5 Å². The van der Waals surface area contributed by atoms with E-state index < -0.39 is 22.8 Å². The summed E-state index contributed by atoms with van der Waals surface area (Å²) in [5, 5.41) is 12.6. The van der Waals surface area contributed by atoms with Gasteiger partial charge in [0.15, 0.2) is 0 Å². The molecule has 2 aromatic rings. The summed E-state index contributed by atoms with van der Waals surface area (Å²) >= 11 is 0. The maximum absolute atomic E-state index is 12.9. The number of nitrogens with two attached hydrogens (primary N) is 1. The molecular formula is C27H37N3O4. The number of nitrogens with zero attached hydrogens (tertiary/aromatic N) is 1. The molecule has 0 radical (unpaired) electrons. The van der Waals surface area contributed by atoms with Crippen LogP contribution in [0.3, 0.4) is 0 Å². The summed E-state index contributed by atoms with van der Waals surface area (Å²) in [5.41, 5.74) is 6.67. The molecule has 0 saturated heterocycles. The number of hydrogen-bond acceptors (Lipinski definition) is 5. The third-order valence-corrected chi connectivity index (χ3v) is 6.99. The Labute approximate surface area is 202 Å². The number of para-hydroxylation sites is 1. The van der Waals surface area contributed by atoms with Gasteiger partial charge in [-0.25, -0.2) is 0 Å². The van der Waals surface area contributed by atoms with Gasteiger partial charge in [-0.05, 0) is 57.0 Å². The third kappa shape index (κ3) is 4.55. The standard InChI is InChI=1S/C27H37N3O4/c1-18(32)30-22-10-8-7-9-21(22)27(6,23(24(28)33)26(30,4)5)19-11-13-20(14-12-19)34-16-15-29-25(2,3)17-31/h7-14,23,29,31H,15-17H2,1-6H3,(H2,28,33). The van der Waals surface area contributed by atoms with Gasteiger partial charge in [0.2, 0.25) is 11.8 Å². The van der Waals surface area contributed by atoms with Crippen molar-refractivity contribution in [3.05, 3.63) is 59.7 Å². The number of nitrogens with one attached hydrogen (secondary N) is 1. The van der Waals surface area contributed by atoms with Crippen LogP contribution in [-0.2, 0) is 15.0 Å². The topological polar surface area (TPSA) is 105 Å². The van der Waals surface area contributed by atoms with Crippen molar-refractivity contribution >= 4 is 17.5 Å². The highest BCUT2D eigenvalue weighted by Gasteiger charge is 2.57. The van der Waals surface area contributed by atoms with Crippen molar-refractivity contribution in [3.8, 4) is 5.75 Å². The van der Waals surface area contributed by atoms with Crippen molar-refractivity contribution in [2.24, 2.45) is 11.7 Å². The lowest BCUT2D eigenvalue weighted by Crippen LogP contribution is -2.65. The van der Waals surface area contributed by atoms with Gasteiger partial charge in [-0.3, -0.25) is 9.59 Å². The predicted molar refractivity (Wildman–Crippen MR) is 134 cm³/mol. The van der Waals surface area contributed by atoms with E-state index in [0.29, 0.717) is 18.9 Å². The molecule has 2 unspecified atom stereocenters. The van der Waals surface area contributed by atoms with E-state index in [9.17, 15) is 14.7 Å². The average molecular weight is 468 g/mol. The third-order valence-electron chi connectivity index (χ3n) is 6.99. The normalized spacial score (nSPS) is 21.6. The number of carbonyl (C=O) groups excluding carboxylic acids is 2. The van der Waals surface area contributed by atoms with Crippen LogP contribution in [0.2, 0.25) is 0 Å². The summed E-state index contributed by atoms with van der Waals surface area (Å²) in [5.74, 6) is -0.533. The minimum absolute atomic E-state index is 0.0419. The van der Waals surface area contributed by atoms with E-state index in [1.165, 1.54) is 6.92 Å². The van der Waals surface area contributed by atoms with Gasteiger partial charge in [0.25, 0.3) is 0 Å². The Hall–Kier alpha value is -2.90. The molecule has 34 heavy (non-hydrogen) atoms. The van der Waals surface area contributed by atoms with Crippen molar-refractivity contribution in [3.63, 3.8) is 0 Å². The zero-order chi connectivity index (χ0) is 25.3. The molecule has 0 aliphatic carbocycles. The van der Waals surface area contributed by atoms with E-state index in [-0.39, 0.29) is 18.1 Å². The molecule has 7 nitrogen and oxygen atoms in total. The van der Waals surface area contributed by atoms with Crippen LogP contribution < -0.4 is 20.7 Å². The second-order valence-corrected chi connectivity index (χ2v) is 10.4. The number of hydrogen-bond donors (Lipinski definition) is 3. The second kappa shape index (κ2) is 9.39. The molecule has 2 aromatic carbocycles. The van der Waals surface area contributed by atoms with Crippen LogP contribution in [0, 0.1) is 5.92 Å². The molecule has 1 aliphatic rings. The van der Waals surface area contributed by atoms with E-state index in [4.69, 9.17) is 10.5 Å². The number of aliphatic hydroxyl groups excluding tert-OH is 1. The smallest absolute Gasteiger partial charge is 0.224 e. The highest BCUT2D eigenvalue weighted by atomic mass is 16.5. The molecule has 4 N–H and O–H groups in total. The lowest BCUT2D eigenvalue weighted by Gasteiger charge is -2.55. The van der Waals surface area contributed by atoms with Crippen LogP contribution in [0.25, 0.3) is 0 Å². The number of aliphatic hydroxyl groups is 1. The van der Waals surface area contributed by atoms with Crippen LogP contribution in [0.4, 0.5) is 5.69 Å². The molecule has 2 atom stereocenters. The zero-order valence-corrected chi connectivity index (χ0v) is 21.0. The molecule has 0 aromatic heterocycles. The van der Waals surface area contributed by atoms with Crippen molar-refractivity contribution in [1.29, 1.82) is 0 Å². The lowest BCUT2D eigenvalue weighted by atomic mass is 9.57. The average Bonchev–Trinajstić information content (AvgIpc) is 2.76. The van der Waals surface area contributed by atoms with Gasteiger partial charge >= 0.3 is 0 Å². The fourth-order valence-corrected chi connectivity index (χ4v) is 5.45. The van der Waals surface area contributed by atoms with Crippen LogP contribution in [0.5, 0.6) is 5.75 Å². The summed E-state index contributed by atoms with van der Waals surface area (Å²) < 4.78 is 5.87. The predicted octanol–water partition coefficient (Wildman–Crippen LogP) is 2.98. The summed E-state index contributed by atoms with van der Waals surface area (Å²) in [7, 11) is 0. The SMILES string of the molecule is CC(=O)N1c2ccccc2C(C)(c2ccc(OCCNC(C)(C)CO)cc2)C(C(N)=O)C1(C)C. The first-order valence-electron chi connectivity index (χ1n) is 11.6. The monoisotopic (exact) mass is 467 g/mol. The molecule has 1 aliphatic heterocycles. The van der Waals surface area contributed by atoms with E-state index in [2.05, 4.69) is 5.32 Å². The Bertz CT molecular complexity index is 1050. The van der Waals surface area contributed by atoms with Crippen molar-refractivity contribution < 1.29 is 19.4 Å².